The Labute approximate surface area is 107 Å². The summed E-state index contributed by atoms with van der Waals surface area (Å²) >= 11 is 0. The third kappa shape index (κ3) is 2.23. The van der Waals surface area contributed by atoms with Crippen LogP contribution in [0, 0.1) is 13.8 Å². The van der Waals surface area contributed by atoms with Gasteiger partial charge in [-0.3, -0.25) is 9.20 Å². The van der Waals surface area contributed by atoms with Gasteiger partial charge in [-0.1, -0.05) is 6.92 Å². The van der Waals surface area contributed by atoms with E-state index in [4.69, 9.17) is 0 Å². The second kappa shape index (κ2) is 4.80. The summed E-state index contributed by atoms with van der Waals surface area (Å²) in [5.41, 5.74) is 3.36. The lowest BCUT2D eigenvalue weighted by atomic mass is 10.2. The number of aromatic nitrogens is 2. The number of carbonyl (C=O) groups excluding carboxylic acids is 1. The Morgan fingerprint density at radius 1 is 1.50 bits per heavy atom. The zero-order valence-corrected chi connectivity index (χ0v) is 11.3. The Balaban J connectivity index is 2.44. The van der Waals surface area contributed by atoms with Gasteiger partial charge >= 0.3 is 0 Å². The van der Waals surface area contributed by atoms with E-state index in [-0.39, 0.29) is 11.9 Å². The SMILES string of the molecule is CCC(C)NC(=O)c1c(C)nc2cc(C)ccn12. The summed E-state index contributed by atoms with van der Waals surface area (Å²) in [6, 6.07) is 4.13. The lowest BCUT2D eigenvalue weighted by molar-refractivity contribution is 0.0932. The van der Waals surface area contributed by atoms with Gasteiger partial charge in [0.2, 0.25) is 0 Å². The van der Waals surface area contributed by atoms with E-state index in [0.29, 0.717) is 5.69 Å². The van der Waals surface area contributed by atoms with Crippen molar-refractivity contribution in [1.82, 2.24) is 14.7 Å². The zero-order valence-electron chi connectivity index (χ0n) is 11.3. The molecule has 0 saturated carbocycles. The number of imidazole rings is 1. The molecule has 0 saturated heterocycles. The van der Waals surface area contributed by atoms with Crippen LogP contribution in [0.2, 0.25) is 0 Å². The van der Waals surface area contributed by atoms with E-state index < -0.39 is 0 Å². The van der Waals surface area contributed by atoms with Crippen molar-refractivity contribution in [2.75, 3.05) is 0 Å². The smallest absolute Gasteiger partial charge is 0.270 e. The summed E-state index contributed by atoms with van der Waals surface area (Å²) < 4.78 is 1.85. The quantitative estimate of drug-likeness (QED) is 0.903. The minimum absolute atomic E-state index is 0.0572. The van der Waals surface area contributed by atoms with Crippen molar-refractivity contribution in [3.63, 3.8) is 0 Å². The van der Waals surface area contributed by atoms with Crippen LogP contribution in [0.4, 0.5) is 0 Å². The maximum absolute atomic E-state index is 12.2. The topological polar surface area (TPSA) is 46.4 Å². The first-order valence-corrected chi connectivity index (χ1v) is 6.29. The lowest BCUT2D eigenvalue weighted by Crippen LogP contribution is -2.33. The van der Waals surface area contributed by atoms with Crippen LogP contribution >= 0.6 is 0 Å². The van der Waals surface area contributed by atoms with Crippen LogP contribution in [0.5, 0.6) is 0 Å². The van der Waals surface area contributed by atoms with Gasteiger partial charge in [-0.2, -0.15) is 0 Å². The first kappa shape index (κ1) is 12.6. The van der Waals surface area contributed by atoms with Crippen LogP contribution in [-0.2, 0) is 0 Å². The molecule has 2 aromatic rings. The van der Waals surface area contributed by atoms with Crippen LogP contribution in [0.25, 0.3) is 5.65 Å². The molecule has 1 atom stereocenters. The highest BCUT2D eigenvalue weighted by Gasteiger charge is 2.17. The molecule has 0 bridgehead atoms. The lowest BCUT2D eigenvalue weighted by Gasteiger charge is -2.11. The van der Waals surface area contributed by atoms with Gasteiger partial charge in [-0.15, -0.1) is 0 Å². The molecule has 18 heavy (non-hydrogen) atoms. The molecule has 0 aliphatic carbocycles. The highest BCUT2D eigenvalue weighted by atomic mass is 16.2. The number of nitrogens with one attached hydrogen (secondary N) is 1. The number of hydrogen-bond donors (Lipinski definition) is 1. The maximum Gasteiger partial charge on any atom is 0.270 e. The van der Waals surface area contributed by atoms with Crippen LogP contribution in [-0.4, -0.2) is 21.3 Å². The number of carbonyl (C=O) groups is 1. The summed E-state index contributed by atoms with van der Waals surface area (Å²) in [6.07, 6.45) is 2.82. The van der Waals surface area contributed by atoms with Crippen molar-refractivity contribution in [3.8, 4) is 0 Å². The minimum Gasteiger partial charge on any atom is -0.348 e. The van der Waals surface area contributed by atoms with Crippen molar-refractivity contribution in [2.24, 2.45) is 0 Å². The van der Waals surface area contributed by atoms with Gasteiger partial charge in [0.05, 0.1) is 5.69 Å². The molecule has 0 spiro atoms. The van der Waals surface area contributed by atoms with Crippen LogP contribution in [0.15, 0.2) is 18.3 Å². The predicted molar refractivity (Wildman–Crippen MR) is 71.9 cm³/mol. The van der Waals surface area contributed by atoms with E-state index in [1.54, 1.807) is 0 Å². The second-order valence-corrected chi connectivity index (χ2v) is 4.76. The Morgan fingerprint density at radius 2 is 2.22 bits per heavy atom. The summed E-state index contributed by atoms with van der Waals surface area (Å²) in [7, 11) is 0. The highest BCUT2D eigenvalue weighted by Crippen LogP contribution is 2.13. The molecule has 2 heterocycles. The average Bonchev–Trinajstić information content (AvgIpc) is 2.63. The number of amides is 1. The molecule has 0 radical (unpaired) electrons. The number of rotatable bonds is 3. The van der Waals surface area contributed by atoms with Gasteiger partial charge in [-0.25, -0.2) is 4.98 Å². The highest BCUT2D eigenvalue weighted by molar-refractivity contribution is 5.94. The molecule has 96 valence electrons. The van der Waals surface area contributed by atoms with Crippen molar-refractivity contribution < 1.29 is 4.79 Å². The molecular weight excluding hydrogens is 226 g/mol. The molecule has 4 nitrogen and oxygen atoms in total. The Hall–Kier alpha value is -1.84. The summed E-state index contributed by atoms with van der Waals surface area (Å²) in [4.78, 5) is 16.7. The van der Waals surface area contributed by atoms with Crippen molar-refractivity contribution in [1.29, 1.82) is 0 Å². The summed E-state index contributed by atoms with van der Waals surface area (Å²) in [5, 5.41) is 2.98. The maximum atomic E-state index is 12.2. The molecule has 0 aliphatic rings. The normalized spacial score (nSPS) is 12.7. The van der Waals surface area contributed by atoms with Crippen molar-refractivity contribution in [2.45, 2.75) is 40.2 Å². The van der Waals surface area contributed by atoms with Crippen LogP contribution < -0.4 is 5.32 Å². The standard InChI is InChI=1S/C14H19N3O/c1-5-10(3)15-14(18)13-11(4)16-12-8-9(2)6-7-17(12)13/h6-8,10H,5H2,1-4H3,(H,15,18). The summed E-state index contributed by atoms with van der Waals surface area (Å²) in [5.74, 6) is -0.0572. The molecule has 0 fully saturated rings. The predicted octanol–water partition coefficient (Wildman–Crippen LogP) is 2.48. The van der Waals surface area contributed by atoms with Crippen molar-refractivity contribution >= 4 is 11.6 Å². The molecule has 1 N–H and O–H groups in total. The van der Waals surface area contributed by atoms with Gasteiger partial charge < -0.3 is 5.32 Å². The molecule has 1 unspecified atom stereocenters. The monoisotopic (exact) mass is 245 g/mol. The van der Waals surface area contributed by atoms with E-state index in [0.717, 1.165) is 23.3 Å². The van der Waals surface area contributed by atoms with Crippen LogP contribution in [0.1, 0.15) is 42.0 Å². The first-order chi connectivity index (χ1) is 8.52. The number of pyridine rings is 1. The first-order valence-electron chi connectivity index (χ1n) is 6.29. The third-order valence-electron chi connectivity index (χ3n) is 3.16. The van der Waals surface area contributed by atoms with Gasteiger partial charge in [-0.05, 0) is 44.9 Å². The molecule has 2 rings (SSSR count). The molecule has 4 heteroatoms. The van der Waals surface area contributed by atoms with Crippen molar-refractivity contribution in [3.05, 3.63) is 35.3 Å². The van der Waals surface area contributed by atoms with E-state index >= 15 is 0 Å². The number of fused-ring (bicyclic) bond motifs is 1. The third-order valence-corrected chi connectivity index (χ3v) is 3.16. The van der Waals surface area contributed by atoms with E-state index in [1.807, 2.05) is 43.5 Å². The number of hydrogen-bond acceptors (Lipinski definition) is 2. The molecule has 1 amide bonds. The Morgan fingerprint density at radius 3 is 2.89 bits per heavy atom. The fourth-order valence-corrected chi connectivity index (χ4v) is 1.93. The van der Waals surface area contributed by atoms with Gasteiger partial charge in [0, 0.05) is 12.2 Å². The number of aryl methyl sites for hydroxylation is 2. The van der Waals surface area contributed by atoms with Gasteiger partial charge in [0.25, 0.3) is 5.91 Å². The van der Waals surface area contributed by atoms with E-state index in [2.05, 4.69) is 17.2 Å². The fourth-order valence-electron chi connectivity index (χ4n) is 1.93. The summed E-state index contributed by atoms with van der Waals surface area (Å²) in [6.45, 7) is 7.94. The molecule has 2 aromatic heterocycles. The Bertz CT molecular complexity index is 586. The van der Waals surface area contributed by atoms with E-state index in [9.17, 15) is 4.79 Å². The fraction of sp³-hybridized carbons (Fsp3) is 0.429. The largest absolute Gasteiger partial charge is 0.348 e. The minimum atomic E-state index is -0.0572. The zero-order chi connectivity index (χ0) is 13.3. The van der Waals surface area contributed by atoms with Gasteiger partial charge in [0.1, 0.15) is 11.3 Å². The molecule has 0 aliphatic heterocycles. The van der Waals surface area contributed by atoms with Crippen LogP contribution in [0.3, 0.4) is 0 Å². The number of nitrogens with zero attached hydrogens (tertiary/aromatic N) is 2. The Kier molecular flexibility index (Phi) is 3.36. The average molecular weight is 245 g/mol. The van der Waals surface area contributed by atoms with E-state index in [1.165, 1.54) is 0 Å². The van der Waals surface area contributed by atoms with Gasteiger partial charge in [0.15, 0.2) is 0 Å². The second-order valence-electron chi connectivity index (χ2n) is 4.76. The molecular formula is C14H19N3O. The molecule has 0 aromatic carbocycles.